The van der Waals surface area contributed by atoms with Crippen molar-refractivity contribution in [3.63, 3.8) is 0 Å². The van der Waals surface area contributed by atoms with Crippen molar-refractivity contribution in [2.24, 2.45) is 0 Å². The number of benzene rings is 3. The van der Waals surface area contributed by atoms with Crippen molar-refractivity contribution in [2.75, 3.05) is 0 Å². The number of Topliss-reactive ketones (excluding diaryl/α,β-unsaturated/α-hetero) is 2. The van der Waals surface area contributed by atoms with Gasteiger partial charge in [-0.25, -0.2) is 0 Å². The highest BCUT2D eigenvalue weighted by atomic mass is 16.6. The third kappa shape index (κ3) is 2.59. The van der Waals surface area contributed by atoms with Crippen LogP contribution in [0, 0.1) is 0 Å². The Hall–Kier alpha value is -3.04. The van der Waals surface area contributed by atoms with Crippen molar-refractivity contribution < 1.29 is 14.3 Å². The molecule has 1 atom stereocenters. The van der Waals surface area contributed by atoms with Crippen LogP contribution in [0.25, 0.3) is 0 Å². The lowest BCUT2D eigenvalue weighted by Gasteiger charge is -2.12. The molecule has 0 saturated carbocycles. The van der Waals surface area contributed by atoms with E-state index in [1.807, 2.05) is 42.5 Å². The van der Waals surface area contributed by atoms with E-state index in [-0.39, 0.29) is 11.6 Å². The van der Waals surface area contributed by atoms with Crippen molar-refractivity contribution >= 4 is 11.6 Å². The predicted molar refractivity (Wildman–Crippen MR) is 94.5 cm³/mol. The summed E-state index contributed by atoms with van der Waals surface area (Å²) in [6.45, 7) is 0. The van der Waals surface area contributed by atoms with E-state index in [9.17, 15) is 9.59 Å². The first-order valence-electron chi connectivity index (χ1n) is 8.16. The third-order valence-electron chi connectivity index (χ3n) is 4.46. The summed E-state index contributed by atoms with van der Waals surface area (Å²) in [5.74, 6) is -0.591. The molecule has 0 bridgehead atoms. The molecule has 0 unspecified atom stereocenters. The molecule has 3 nitrogen and oxygen atoms in total. The molecule has 1 aliphatic heterocycles. The van der Waals surface area contributed by atoms with Gasteiger partial charge in [-0.3, -0.25) is 9.59 Å². The van der Waals surface area contributed by atoms with Crippen molar-refractivity contribution in [3.8, 4) is 0 Å². The Labute approximate surface area is 145 Å². The highest BCUT2D eigenvalue weighted by Crippen LogP contribution is 2.53. The fourth-order valence-corrected chi connectivity index (χ4v) is 3.14. The van der Waals surface area contributed by atoms with Gasteiger partial charge in [-0.05, 0) is 5.56 Å². The number of hydrogen-bond acceptors (Lipinski definition) is 3. The largest absolute Gasteiger partial charge is 0.344 e. The third-order valence-corrected chi connectivity index (χ3v) is 4.46. The Balaban J connectivity index is 1.78. The number of epoxide rings is 1. The molecular weight excluding hydrogens is 312 g/mol. The topological polar surface area (TPSA) is 46.7 Å². The number of hydrogen-bond donors (Lipinski definition) is 0. The summed E-state index contributed by atoms with van der Waals surface area (Å²) in [5.41, 5.74) is 0.302. The second kappa shape index (κ2) is 6.11. The molecule has 0 aromatic heterocycles. The molecule has 3 aromatic carbocycles. The fourth-order valence-electron chi connectivity index (χ4n) is 3.14. The maximum atomic E-state index is 13.2. The normalized spacial score (nSPS) is 17.7. The van der Waals surface area contributed by atoms with Gasteiger partial charge in [-0.2, -0.15) is 0 Å². The molecule has 0 N–H and O–H groups in total. The molecule has 1 aliphatic rings. The SMILES string of the molecule is O=C(c1ccccc1)C1(C(=O)c2ccccc2)O[C@@H]1c1ccccc1. The predicted octanol–water partition coefficient (Wildman–Crippen LogP) is 4.26. The van der Waals surface area contributed by atoms with Crippen LogP contribution in [0.5, 0.6) is 0 Å². The van der Waals surface area contributed by atoms with E-state index in [1.165, 1.54) is 0 Å². The smallest absolute Gasteiger partial charge is 0.224 e. The zero-order chi connectivity index (χ0) is 17.3. The number of ether oxygens (including phenoxy) is 1. The van der Waals surface area contributed by atoms with Crippen LogP contribution in [0.2, 0.25) is 0 Å². The Morgan fingerprint density at radius 3 is 1.48 bits per heavy atom. The van der Waals surface area contributed by atoms with Crippen LogP contribution in [0.15, 0.2) is 91.0 Å². The number of carbonyl (C=O) groups excluding carboxylic acids is 2. The lowest BCUT2D eigenvalue weighted by Crippen LogP contribution is -2.35. The molecular formula is C22H16O3. The van der Waals surface area contributed by atoms with E-state index in [1.54, 1.807) is 48.5 Å². The maximum Gasteiger partial charge on any atom is 0.224 e. The maximum absolute atomic E-state index is 13.2. The summed E-state index contributed by atoms with van der Waals surface area (Å²) in [6, 6.07) is 27.1. The van der Waals surface area contributed by atoms with Crippen molar-refractivity contribution in [2.45, 2.75) is 11.7 Å². The summed E-state index contributed by atoms with van der Waals surface area (Å²) in [6.07, 6.45) is -0.561. The zero-order valence-corrected chi connectivity index (χ0v) is 13.5. The standard InChI is InChI=1S/C22H16O3/c23-19(16-10-4-1-5-11-16)22(20(24)17-12-6-2-7-13-17)21(25-22)18-14-8-3-9-15-18/h1-15,21H/t21-/m1/s1. The summed E-state index contributed by atoms with van der Waals surface area (Å²) in [4.78, 5) is 26.4. The first kappa shape index (κ1) is 15.5. The number of rotatable bonds is 5. The minimum Gasteiger partial charge on any atom is -0.344 e. The fraction of sp³-hybridized carbons (Fsp3) is 0.0909. The molecule has 25 heavy (non-hydrogen) atoms. The number of carbonyl (C=O) groups is 2. The van der Waals surface area contributed by atoms with Gasteiger partial charge < -0.3 is 4.74 Å². The second-order valence-corrected chi connectivity index (χ2v) is 6.03. The van der Waals surface area contributed by atoms with E-state index in [0.29, 0.717) is 11.1 Å². The van der Waals surface area contributed by atoms with Crippen molar-refractivity contribution in [3.05, 3.63) is 108 Å². The molecule has 0 radical (unpaired) electrons. The van der Waals surface area contributed by atoms with E-state index in [2.05, 4.69) is 0 Å². The summed E-state index contributed by atoms with van der Waals surface area (Å²) in [5, 5.41) is 0. The average Bonchev–Trinajstić information content (AvgIpc) is 3.46. The van der Waals surface area contributed by atoms with Crippen molar-refractivity contribution in [1.82, 2.24) is 0 Å². The van der Waals surface area contributed by atoms with Crippen LogP contribution >= 0.6 is 0 Å². The molecule has 0 amide bonds. The lowest BCUT2D eigenvalue weighted by atomic mass is 9.85. The highest BCUT2D eigenvalue weighted by molar-refractivity contribution is 6.25. The quantitative estimate of drug-likeness (QED) is 0.399. The molecule has 3 aromatic rings. The van der Waals surface area contributed by atoms with Gasteiger partial charge in [0.25, 0.3) is 0 Å². The second-order valence-electron chi connectivity index (χ2n) is 6.03. The monoisotopic (exact) mass is 328 g/mol. The van der Waals surface area contributed by atoms with Gasteiger partial charge in [0.2, 0.25) is 17.2 Å². The Kier molecular flexibility index (Phi) is 3.79. The Morgan fingerprint density at radius 2 is 1.04 bits per heavy atom. The molecule has 0 spiro atoms. The van der Waals surface area contributed by atoms with Crippen LogP contribution in [0.3, 0.4) is 0 Å². The summed E-state index contributed by atoms with van der Waals surface area (Å²) in [7, 11) is 0. The zero-order valence-electron chi connectivity index (χ0n) is 13.5. The minimum atomic E-state index is -1.48. The van der Waals surface area contributed by atoms with Gasteiger partial charge in [-0.1, -0.05) is 91.0 Å². The molecule has 4 rings (SSSR count). The molecule has 122 valence electrons. The van der Waals surface area contributed by atoms with Gasteiger partial charge in [0.05, 0.1) is 0 Å². The molecule has 1 saturated heterocycles. The molecule has 0 aliphatic carbocycles. The summed E-state index contributed by atoms with van der Waals surface area (Å²) >= 11 is 0. The van der Waals surface area contributed by atoms with Gasteiger partial charge in [0.1, 0.15) is 6.10 Å². The van der Waals surface area contributed by atoms with Crippen LogP contribution in [0.4, 0.5) is 0 Å². The van der Waals surface area contributed by atoms with Crippen LogP contribution in [0.1, 0.15) is 32.4 Å². The van der Waals surface area contributed by atoms with E-state index in [4.69, 9.17) is 4.74 Å². The first-order valence-corrected chi connectivity index (χ1v) is 8.16. The van der Waals surface area contributed by atoms with Gasteiger partial charge in [-0.15, -0.1) is 0 Å². The van der Waals surface area contributed by atoms with E-state index >= 15 is 0 Å². The van der Waals surface area contributed by atoms with Gasteiger partial charge in [0, 0.05) is 11.1 Å². The van der Waals surface area contributed by atoms with E-state index < -0.39 is 11.7 Å². The Morgan fingerprint density at radius 1 is 0.640 bits per heavy atom. The summed E-state index contributed by atoms with van der Waals surface area (Å²) < 4.78 is 5.82. The first-order chi connectivity index (χ1) is 12.2. The van der Waals surface area contributed by atoms with Crippen LogP contribution < -0.4 is 0 Å². The average molecular weight is 328 g/mol. The molecule has 3 heteroatoms. The van der Waals surface area contributed by atoms with Crippen molar-refractivity contribution in [1.29, 1.82) is 0 Å². The van der Waals surface area contributed by atoms with E-state index in [0.717, 1.165) is 5.56 Å². The number of ketones is 2. The molecule has 1 heterocycles. The highest BCUT2D eigenvalue weighted by Gasteiger charge is 2.68. The van der Waals surface area contributed by atoms with Gasteiger partial charge >= 0.3 is 0 Å². The lowest BCUT2D eigenvalue weighted by molar-refractivity contribution is 0.0752. The van der Waals surface area contributed by atoms with Gasteiger partial charge in [0.15, 0.2) is 0 Å². The Bertz CT molecular complexity index is 850. The van der Waals surface area contributed by atoms with Crippen LogP contribution in [-0.2, 0) is 4.74 Å². The minimum absolute atomic E-state index is 0.296. The molecule has 1 fully saturated rings. The van der Waals surface area contributed by atoms with Crippen LogP contribution in [-0.4, -0.2) is 17.2 Å².